The van der Waals surface area contributed by atoms with Gasteiger partial charge in [0.25, 0.3) is 5.91 Å². The van der Waals surface area contributed by atoms with E-state index in [-0.39, 0.29) is 5.91 Å². The molecule has 0 saturated carbocycles. The van der Waals surface area contributed by atoms with Crippen LogP contribution in [0.25, 0.3) is 0 Å². The van der Waals surface area contributed by atoms with E-state index in [2.05, 4.69) is 27.9 Å². The highest BCUT2D eigenvalue weighted by molar-refractivity contribution is 14.1. The number of aryl methyl sites for hydroxylation is 3. The van der Waals surface area contributed by atoms with Crippen LogP contribution in [0, 0.1) is 24.3 Å². The highest BCUT2D eigenvalue weighted by Gasteiger charge is 2.10. The van der Waals surface area contributed by atoms with E-state index in [4.69, 9.17) is 0 Å². The van der Waals surface area contributed by atoms with Crippen molar-refractivity contribution < 1.29 is 4.79 Å². The first-order chi connectivity index (χ1) is 8.97. The molecule has 0 aliphatic carbocycles. The van der Waals surface area contributed by atoms with Crippen molar-refractivity contribution in [2.45, 2.75) is 20.8 Å². The average Bonchev–Trinajstić information content (AvgIpc) is 2.36. The fourth-order valence-electron chi connectivity index (χ4n) is 1.90. The molecule has 2 rings (SSSR count). The second kappa shape index (κ2) is 5.74. The Morgan fingerprint density at radius 3 is 2.42 bits per heavy atom. The summed E-state index contributed by atoms with van der Waals surface area (Å²) in [5.74, 6) is -0.0497. The Morgan fingerprint density at radius 1 is 1.00 bits per heavy atom. The van der Waals surface area contributed by atoms with Crippen LogP contribution in [0.2, 0.25) is 0 Å². The van der Waals surface area contributed by atoms with Gasteiger partial charge in [0, 0.05) is 14.8 Å². The monoisotopic (exact) mass is 365 g/mol. The molecule has 0 heterocycles. The minimum absolute atomic E-state index is 0.0497. The maximum Gasteiger partial charge on any atom is 0.255 e. The van der Waals surface area contributed by atoms with E-state index in [1.165, 1.54) is 0 Å². The maximum absolute atomic E-state index is 12.3. The average molecular weight is 365 g/mol. The Labute approximate surface area is 127 Å². The number of anilines is 1. The number of benzene rings is 2. The number of rotatable bonds is 2. The first kappa shape index (κ1) is 14.1. The Hall–Kier alpha value is -1.36. The van der Waals surface area contributed by atoms with E-state index >= 15 is 0 Å². The smallest absolute Gasteiger partial charge is 0.255 e. The lowest BCUT2D eigenvalue weighted by atomic mass is 10.0. The first-order valence-corrected chi connectivity index (χ1v) is 7.20. The molecule has 2 aromatic carbocycles. The van der Waals surface area contributed by atoms with Crippen LogP contribution in [0.5, 0.6) is 0 Å². The fraction of sp³-hybridized carbons (Fsp3) is 0.188. The molecule has 0 unspecified atom stereocenters. The molecule has 0 spiro atoms. The van der Waals surface area contributed by atoms with E-state index < -0.39 is 0 Å². The van der Waals surface area contributed by atoms with Crippen molar-refractivity contribution >= 4 is 34.2 Å². The van der Waals surface area contributed by atoms with Gasteiger partial charge < -0.3 is 5.32 Å². The number of nitrogens with one attached hydrogen (secondary N) is 1. The van der Waals surface area contributed by atoms with Crippen molar-refractivity contribution in [1.29, 1.82) is 0 Å². The van der Waals surface area contributed by atoms with Crippen molar-refractivity contribution in [2.75, 3.05) is 5.32 Å². The summed E-state index contributed by atoms with van der Waals surface area (Å²) in [5.41, 5.74) is 4.76. The van der Waals surface area contributed by atoms with Crippen LogP contribution >= 0.6 is 22.6 Å². The molecule has 0 aliphatic heterocycles. The minimum Gasteiger partial charge on any atom is -0.322 e. The number of hydrogen-bond donors (Lipinski definition) is 1. The minimum atomic E-state index is -0.0497. The highest BCUT2D eigenvalue weighted by atomic mass is 127. The van der Waals surface area contributed by atoms with Gasteiger partial charge in [-0.1, -0.05) is 23.8 Å². The Bertz CT molecular complexity index is 635. The van der Waals surface area contributed by atoms with Crippen molar-refractivity contribution in [3.63, 3.8) is 0 Å². The van der Waals surface area contributed by atoms with Gasteiger partial charge in [0.1, 0.15) is 0 Å². The third kappa shape index (κ3) is 3.35. The molecular weight excluding hydrogens is 349 g/mol. The Balaban J connectivity index is 2.30. The second-order valence-electron chi connectivity index (χ2n) is 4.73. The number of hydrogen-bond acceptors (Lipinski definition) is 1. The van der Waals surface area contributed by atoms with Gasteiger partial charge >= 0.3 is 0 Å². The predicted molar refractivity (Wildman–Crippen MR) is 87.8 cm³/mol. The summed E-state index contributed by atoms with van der Waals surface area (Å²) < 4.78 is 1.11. The number of halogens is 1. The van der Waals surface area contributed by atoms with Crippen molar-refractivity contribution in [3.05, 3.63) is 62.2 Å². The lowest BCUT2D eigenvalue weighted by Gasteiger charge is -2.11. The lowest BCUT2D eigenvalue weighted by Crippen LogP contribution is -2.14. The molecule has 0 aromatic heterocycles. The third-order valence-corrected chi connectivity index (χ3v) is 3.76. The number of amides is 1. The summed E-state index contributed by atoms with van der Waals surface area (Å²) in [6.07, 6.45) is 0. The molecule has 2 aromatic rings. The predicted octanol–water partition coefficient (Wildman–Crippen LogP) is 4.47. The largest absolute Gasteiger partial charge is 0.322 e. The summed E-state index contributed by atoms with van der Waals surface area (Å²) in [6, 6.07) is 11.9. The molecule has 0 atom stereocenters. The fourth-order valence-corrected chi connectivity index (χ4v) is 2.39. The van der Waals surface area contributed by atoms with Gasteiger partial charge in [-0.15, -0.1) is 0 Å². The van der Waals surface area contributed by atoms with Crippen LogP contribution in [0.1, 0.15) is 27.0 Å². The standard InChI is InChI=1S/C16H16INO/c1-10-4-5-11(2)14(8-10)16(19)18-15-9-13(17)7-6-12(15)3/h4-9H,1-3H3,(H,18,19). The van der Waals surface area contributed by atoms with Crippen LogP contribution in [-0.2, 0) is 0 Å². The zero-order valence-corrected chi connectivity index (χ0v) is 13.4. The normalized spacial score (nSPS) is 10.3. The molecule has 1 amide bonds. The second-order valence-corrected chi connectivity index (χ2v) is 5.98. The van der Waals surface area contributed by atoms with E-state index in [0.717, 1.165) is 31.5 Å². The van der Waals surface area contributed by atoms with E-state index in [1.807, 2.05) is 57.2 Å². The number of carbonyl (C=O) groups is 1. The molecule has 3 heteroatoms. The van der Waals surface area contributed by atoms with Crippen LogP contribution in [0.4, 0.5) is 5.69 Å². The zero-order valence-electron chi connectivity index (χ0n) is 11.3. The van der Waals surface area contributed by atoms with E-state index in [9.17, 15) is 4.79 Å². The molecule has 2 nitrogen and oxygen atoms in total. The van der Waals surface area contributed by atoms with Crippen LogP contribution < -0.4 is 5.32 Å². The van der Waals surface area contributed by atoms with Crippen LogP contribution in [-0.4, -0.2) is 5.91 Å². The maximum atomic E-state index is 12.3. The Morgan fingerprint density at radius 2 is 1.68 bits per heavy atom. The molecule has 98 valence electrons. The van der Waals surface area contributed by atoms with Crippen molar-refractivity contribution in [3.8, 4) is 0 Å². The topological polar surface area (TPSA) is 29.1 Å². The van der Waals surface area contributed by atoms with Gasteiger partial charge in [0.15, 0.2) is 0 Å². The summed E-state index contributed by atoms with van der Waals surface area (Å²) in [4.78, 5) is 12.3. The molecular formula is C16H16INO. The van der Waals surface area contributed by atoms with Crippen molar-refractivity contribution in [2.24, 2.45) is 0 Å². The molecule has 19 heavy (non-hydrogen) atoms. The molecule has 0 bridgehead atoms. The van der Waals surface area contributed by atoms with Gasteiger partial charge in [0.2, 0.25) is 0 Å². The highest BCUT2D eigenvalue weighted by Crippen LogP contribution is 2.20. The third-order valence-electron chi connectivity index (χ3n) is 3.09. The molecule has 0 aliphatic rings. The van der Waals surface area contributed by atoms with Gasteiger partial charge in [-0.2, -0.15) is 0 Å². The molecule has 1 N–H and O–H groups in total. The summed E-state index contributed by atoms with van der Waals surface area (Å²) >= 11 is 2.24. The van der Waals surface area contributed by atoms with Gasteiger partial charge in [-0.25, -0.2) is 0 Å². The summed E-state index contributed by atoms with van der Waals surface area (Å²) in [7, 11) is 0. The summed E-state index contributed by atoms with van der Waals surface area (Å²) in [5, 5.41) is 2.99. The van der Waals surface area contributed by atoms with Crippen molar-refractivity contribution in [1.82, 2.24) is 0 Å². The van der Waals surface area contributed by atoms with E-state index in [1.54, 1.807) is 0 Å². The number of carbonyl (C=O) groups excluding carboxylic acids is 1. The van der Waals surface area contributed by atoms with Gasteiger partial charge in [-0.05, 0) is 72.7 Å². The van der Waals surface area contributed by atoms with Crippen LogP contribution in [0.15, 0.2) is 36.4 Å². The van der Waals surface area contributed by atoms with E-state index in [0.29, 0.717) is 0 Å². The first-order valence-electron chi connectivity index (χ1n) is 6.12. The van der Waals surface area contributed by atoms with Gasteiger partial charge in [0.05, 0.1) is 0 Å². The molecule has 0 saturated heterocycles. The SMILES string of the molecule is Cc1ccc(C)c(C(=O)Nc2cc(I)ccc2C)c1. The Kier molecular flexibility index (Phi) is 4.24. The van der Waals surface area contributed by atoms with Crippen LogP contribution in [0.3, 0.4) is 0 Å². The zero-order chi connectivity index (χ0) is 14.0. The quantitative estimate of drug-likeness (QED) is 0.782. The molecule has 0 radical (unpaired) electrons. The molecule has 0 fully saturated rings. The summed E-state index contributed by atoms with van der Waals surface area (Å²) in [6.45, 7) is 5.94. The lowest BCUT2D eigenvalue weighted by molar-refractivity contribution is 0.102. The van der Waals surface area contributed by atoms with Gasteiger partial charge in [-0.3, -0.25) is 4.79 Å².